The molecule has 1 heterocycles. The molecule has 1 aliphatic rings. The number of likely N-dealkylation sites (N-methyl/N-ethyl adjacent to an activating group) is 1. The Labute approximate surface area is 182 Å². The Morgan fingerprint density at radius 3 is 2.48 bits per heavy atom. The van der Waals surface area contributed by atoms with Crippen molar-refractivity contribution in [2.45, 2.75) is 12.5 Å². The van der Waals surface area contributed by atoms with Gasteiger partial charge in [-0.3, -0.25) is 4.79 Å². The predicted molar refractivity (Wildman–Crippen MR) is 125 cm³/mol. The number of carbonyl (C=O) groups excluding carboxylic acids is 1. The number of nitrogens with zero attached hydrogens (tertiary/aromatic N) is 2. The number of nitrogen functional groups attached to an aromatic ring is 1. The minimum atomic E-state index is -0.325. The molecule has 3 aromatic rings. The van der Waals surface area contributed by atoms with E-state index in [-0.39, 0.29) is 11.7 Å². The van der Waals surface area contributed by atoms with E-state index in [1.807, 2.05) is 50.5 Å². The first-order valence-electron chi connectivity index (χ1n) is 10.4. The normalized spacial score (nSPS) is 16.0. The van der Waals surface area contributed by atoms with Gasteiger partial charge in [0.15, 0.2) is 0 Å². The maximum absolute atomic E-state index is 14.7. The number of anilines is 3. The van der Waals surface area contributed by atoms with Crippen LogP contribution in [0.15, 0.2) is 66.7 Å². The number of amides is 1. The summed E-state index contributed by atoms with van der Waals surface area (Å²) in [5.74, 6) is -0.602. The third-order valence-corrected chi connectivity index (χ3v) is 5.81. The zero-order valence-electron chi connectivity index (χ0n) is 17.8. The van der Waals surface area contributed by atoms with Crippen molar-refractivity contribution in [3.05, 3.63) is 78.1 Å². The van der Waals surface area contributed by atoms with E-state index in [2.05, 4.69) is 15.1 Å². The van der Waals surface area contributed by atoms with Crippen LogP contribution >= 0.6 is 0 Å². The van der Waals surface area contributed by atoms with Crippen molar-refractivity contribution < 1.29 is 9.18 Å². The minimum Gasteiger partial charge on any atom is -0.399 e. The van der Waals surface area contributed by atoms with Crippen LogP contribution in [0.25, 0.3) is 11.1 Å². The van der Waals surface area contributed by atoms with Crippen LogP contribution in [-0.4, -0.2) is 44.0 Å². The van der Waals surface area contributed by atoms with Crippen molar-refractivity contribution >= 4 is 23.0 Å². The Morgan fingerprint density at radius 2 is 1.84 bits per heavy atom. The van der Waals surface area contributed by atoms with Crippen molar-refractivity contribution in [3.8, 4) is 11.1 Å². The maximum Gasteiger partial charge on any atom is 0.255 e. The highest BCUT2D eigenvalue weighted by Gasteiger charge is 2.25. The summed E-state index contributed by atoms with van der Waals surface area (Å²) in [7, 11) is 4.09. The SMILES string of the molecule is CN(C)[C@@H]1CCN(c2ccc(NC(=O)c3ccc(-c4cccc(N)c4)cc3)cc2F)C1. The quantitative estimate of drug-likeness (QED) is 0.601. The summed E-state index contributed by atoms with van der Waals surface area (Å²) in [5.41, 5.74) is 10.0. The Hall–Kier alpha value is -3.38. The second kappa shape index (κ2) is 8.78. The first-order chi connectivity index (χ1) is 14.9. The lowest BCUT2D eigenvalue weighted by atomic mass is 10.0. The summed E-state index contributed by atoms with van der Waals surface area (Å²) in [5, 5.41) is 2.79. The van der Waals surface area contributed by atoms with Gasteiger partial charge in [0, 0.05) is 36.1 Å². The summed E-state index contributed by atoms with van der Waals surface area (Å²) >= 11 is 0. The molecule has 3 N–H and O–H groups in total. The molecule has 31 heavy (non-hydrogen) atoms. The highest BCUT2D eigenvalue weighted by Crippen LogP contribution is 2.28. The molecular weight excluding hydrogens is 391 g/mol. The second-order valence-corrected chi connectivity index (χ2v) is 8.18. The first kappa shape index (κ1) is 20.9. The molecule has 0 aromatic heterocycles. The number of nitrogens with two attached hydrogens (primary N) is 1. The van der Waals surface area contributed by atoms with Gasteiger partial charge in [-0.2, -0.15) is 0 Å². The molecule has 1 atom stereocenters. The topological polar surface area (TPSA) is 61.6 Å². The molecule has 1 amide bonds. The highest BCUT2D eigenvalue weighted by molar-refractivity contribution is 6.04. The third-order valence-electron chi connectivity index (χ3n) is 5.81. The fraction of sp³-hybridized carbons (Fsp3) is 0.240. The smallest absolute Gasteiger partial charge is 0.255 e. The number of hydrogen-bond donors (Lipinski definition) is 2. The van der Waals surface area contributed by atoms with Crippen LogP contribution in [-0.2, 0) is 0 Å². The Morgan fingerprint density at radius 1 is 1.06 bits per heavy atom. The number of rotatable bonds is 5. The van der Waals surface area contributed by atoms with E-state index in [0.29, 0.717) is 28.7 Å². The van der Waals surface area contributed by atoms with Crippen LogP contribution in [0.2, 0.25) is 0 Å². The first-order valence-corrected chi connectivity index (χ1v) is 10.4. The molecule has 0 aliphatic carbocycles. The van der Waals surface area contributed by atoms with Gasteiger partial charge in [0.25, 0.3) is 5.91 Å². The van der Waals surface area contributed by atoms with Crippen LogP contribution in [0.5, 0.6) is 0 Å². The molecule has 3 aromatic carbocycles. The van der Waals surface area contributed by atoms with Crippen molar-refractivity contribution in [3.63, 3.8) is 0 Å². The van der Waals surface area contributed by atoms with E-state index in [9.17, 15) is 9.18 Å². The van der Waals surface area contributed by atoms with Gasteiger partial charge in [-0.15, -0.1) is 0 Å². The monoisotopic (exact) mass is 418 g/mol. The van der Waals surface area contributed by atoms with Crippen LogP contribution in [0, 0.1) is 5.82 Å². The highest BCUT2D eigenvalue weighted by atomic mass is 19.1. The summed E-state index contributed by atoms with van der Waals surface area (Å²) in [6.45, 7) is 1.62. The Kier molecular flexibility index (Phi) is 5.91. The van der Waals surface area contributed by atoms with Crippen molar-refractivity contribution in [1.29, 1.82) is 0 Å². The van der Waals surface area contributed by atoms with Crippen LogP contribution in [0.1, 0.15) is 16.8 Å². The van der Waals surface area contributed by atoms with Gasteiger partial charge in [-0.25, -0.2) is 4.39 Å². The average molecular weight is 419 g/mol. The lowest BCUT2D eigenvalue weighted by Crippen LogP contribution is -2.31. The molecule has 0 radical (unpaired) electrons. The fourth-order valence-corrected chi connectivity index (χ4v) is 3.96. The Balaban J connectivity index is 1.43. The second-order valence-electron chi connectivity index (χ2n) is 8.18. The largest absolute Gasteiger partial charge is 0.399 e. The van der Waals surface area contributed by atoms with Gasteiger partial charge in [0.2, 0.25) is 0 Å². The predicted octanol–water partition coefficient (Wildman–Crippen LogP) is 4.47. The van der Waals surface area contributed by atoms with Gasteiger partial charge in [-0.1, -0.05) is 24.3 Å². The van der Waals surface area contributed by atoms with E-state index in [1.165, 1.54) is 6.07 Å². The van der Waals surface area contributed by atoms with Gasteiger partial charge < -0.3 is 20.9 Å². The zero-order chi connectivity index (χ0) is 22.0. The number of nitrogens with one attached hydrogen (secondary N) is 1. The number of hydrogen-bond acceptors (Lipinski definition) is 4. The molecule has 5 nitrogen and oxygen atoms in total. The standard InChI is InChI=1S/C25H27FN4O/c1-29(2)22-12-13-30(16-22)24-11-10-21(15-23(24)26)28-25(31)18-8-6-17(7-9-18)19-4-3-5-20(27)14-19/h3-11,14-15,22H,12-13,16,27H2,1-2H3,(H,28,31)/t22-/m1/s1. The molecular formula is C25H27FN4O. The lowest BCUT2D eigenvalue weighted by Gasteiger charge is -2.22. The van der Waals surface area contributed by atoms with E-state index in [0.717, 1.165) is 30.6 Å². The van der Waals surface area contributed by atoms with Gasteiger partial charge in [0.05, 0.1) is 5.69 Å². The van der Waals surface area contributed by atoms with Gasteiger partial charge in [0.1, 0.15) is 5.82 Å². The number of halogens is 1. The van der Waals surface area contributed by atoms with Crippen molar-refractivity contribution in [1.82, 2.24) is 4.90 Å². The zero-order valence-corrected chi connectivity index (χ0v) is 17.8. The molecule has 1 fully saturated rings. The fourth-order valence-electron chi connectivity index (χ4n) is 3.96. The minimum absolute atomic E-state index is 0.278. The molecule has 0 saturated carbocycles. The van der Waals surface area contributed by atoms with E-state index >= 15 is 0 Å². The van der Waals surface area contributed by atoms with Crippen LogP contribution < -0.4 is 16.0 Å². The van der Waals surface area contributed by atoms with Crippen LogP contribution in [0.4, 0.5) is 21.5 Å². The third kappa shape index (κ3) is 4.70. The van der Waals surface area contributed by atoms with E-state index < -0.39 is 0 Å². The summed E-state index contributed by atoms with van der Waals surface area (Å²) in [4.78, 5) is 16.8. The van der Waals surface area contributed by atoms with Crippen molar-refractivity contribution in [2.75, 3.05) is 43.1 Å². The molecule has 6 heteroatoms. The summed E-state index contributed by atoms with van der Waals surface area (Å²) < 4.78 is 14.7. The number of benzene rings is 3. The van der Waals surface area contributed by atoms with Gasteiger partial charge >= 0.3 is 0 Å². The molecule has 0 unspecified atom stereocenters. The molecule has 1 aliphatic heterocycles. The maximum atomic E-state index is 14.7. The number of carbonyl (C=O) groups is 1. The molecule has 160 valence electrons. The molecule has 1 saturated heterocycles. The average Bonchev–Trinajstić information content (AvgIpc) is 3.24. The summed E-state index contributed by atoms with van der Waals surface area (Å²) in [6, 6.07) is 20.2. The molecule has 0 spiro atoms. The van der Waals surface area contributed by atoms with Crippen LogP contribution in [0.3, 0.4) is 0 Å². The lowest BCUT2D eigenvalue weighted by molar-refractivity contribution is 0.102. The van der Waals surface area contributed by atoms with E-state index in [4.69, 9.17) is 5.73 Å². The van der Waals surface area contributed by atoms with E-state index in [1.54, 1.807) is 24.3 Å². The molecule has 0 bridgehead atoms. The van der Waals surface area contributed by atoms with Crippen molar-refractivity contribution in [2.24, 2.45) is 0 Å². The summed E-state index contributed by atoms with van der Waals surface area (Å²) in [6.07, 6.45) is 1.01. The van der Waals surface area contributed by atoms with Gasteiger partial charge in [-0.05, 0) is 74.1 Å². The Bertz CT molecular complexity index is 1080. The molecule has 4 rings (SSSR count).